The second-order valence-electron chi connectivity index (χ2n) is 12.4. The molecule has 4 heterocycles. The third kappa shape index (κ3) is 4.63. The quantitative estimate of drug-likeness (QED) is 0.354. The molecule has 0 amide bonds. The summed E-state index contributed by atoms with van der Waals surface area (Å²) >= 11 is 1.68. The molecule has 7 rings (SSSR count). The first kappa shape index (κ1) is 24.8. The second kappa shape index (κ2) is 9.45. The van der Waals surface area contributed by atoms with Crippen molar-refractivity contribution in [1.82, 2.24) is 29.6 Å². The van der Waals surface area contributed by atoms with E-state index in [0.717, 1.165) is 46.9 Å². The number of nitrogen functional groups attached to an aromatic ring is 1. The summed E-state index contributed by atoms with van der Waals surface area (Å²) in [5.41, 5.74) is 9.40. The summed E-state index contributed by atoms with van der Waals surface area (Å²) in [5, 5.41) is 7.95. The zero-order chi connectivity index (χ0) is 26.7. The maximum Gasteiger partial charge on any atom is 0.248 e. The third-order valence-electron chi connectivity index (χ3n) is 8.84. The Morgan fingerprint density at radius 1 is 1.00 bits per heavy atom. The largest absolute Gasteiger partial charge is 0.369 e. The monoisotopic (exact) mass is 543 g/mol. The summed E-state index contributed by atoms with van der Waals surface area (Å²) in [6.45, 7) is 11.1. The molecule has 2 aliphatic carbocycles. The molecule has 1 aromatic carbocycles. The van der Waals surface area contributed by atoms with Gasteiger partial charge in [-0.3, -0.25) is 4.90 Å². The van der Waals surface area contributed by atoms with Gasteiger partial charge in [-0.1, -0.05) is 27.2 Å². The summed E-state index contributed by atoms with van der Waals surface area (Å²) in [5.74, 6) is 3.35. The lowest BCUT2D eigenvalue weighted by atomic mass is 9.93. The number of hydrogen-bond donors (Lipinski definition) is 2. The molecular formula is C29H37N9S. The van der Waals surface area contributed by atoms with E-state index >= 15 is 0 Å². The van der Waals surface area contributed by atoms with Gasteiger partial charge in [0.05, 0.1) is 10.2 Å². The van der Waals surface area contributed by atoms with E-state index in [1.54, 1.807) is 22.3 Å². The Hall–Kier alpha value is -3.24. The number of rotatable bonds is 5. The zero-order valence-corrected chi connectivity index (χ0v) is 23.8. The Morgan fingerprint density at radius 3 is 2.49 bits per heavy atom. The predicted molar refractivity (Wildman–Crippen MR) is 158 cm³/mol. The Kier molecular flexibility index (Phi) is 6.00. The molecule has 4 aromatic rings. The lowest BCUT2D eigenvalue weighted by Gasteiger charge is -2.41. The number of nitrogens with one attached hydrogen (secondary N) is 1. The van der Waals surface area contributed by atoms with E-state index in [9.17, 15) is 0 Å². The standard InChI is InChI=1S/C29H37N9S/c1-29(2,3)24-16-22-25(39-24)26(32-17-31-22)38-27(30)34-28(35-38)33-20-6-8-21(9-7-20)36-10-12-37(13-11-36)23-15-18-4-5-19(23)14-18/h6-9,16-19,23H,4-5,10-15H2,1-3H3,(H3,30,33,34,35). The van der Waals surface area contributed by atoms with Crippen molar-refractivity contribution in [3.8, 4) is 5.82 Å². The van der Waals surface area contributed by atoms with Gasteiger partial charge in [-0.2, -0.15) is 9.67 Å². The molecule has 0 radical (unpaired) electrons. The van der Waals surface area contributed by atoms with Crippen LogP contribution in [-0.2, 0) is 5.41 Å². The fraction of sp³-hybridized carbons (Fsp3) is 0.517. The fourth-order valence-corrected chi connectivity index (χ4v) is 7.89. The van der Waals surface area contributed by atoms with E-state index in [-0.39, 0.29) is 11.4 Å². The van der Waals surface area contributed by atoms with Crippen molar-refractivity contribution in [2.75, 3.05) is 42.1 Å². The SMILES string of the molecule is CC(C)(C)c1cc2ncnc(-n3nc(Nc4ccc(N5CCN(C6CC7CCC6C7)CC5)cc4)nc3N)c2s1. The topological polar surface area (TPSA) is 101 Å². The van der Waals surface area contributed by atoms with E-state index in [1.165, 1.54) is 49.3 Å². The average molecular weight is 544 g/mol. The summed E-state index contributed by atoms with van der Waals surface area (Å²) in [7, 11) is 0. The van der Waals surface area contributed by atoms with Crippen LogP contribution in [0.25, 0.3) is 16.0 Å². The average Bonchev–Trinajstić information content (AvgIpc) is 3.72. The van der Waals surface area contributed by atoms with Crippen LogP contribution in [-0.4, -0.2) is 61.9 Å². The molecule has 2 bridgehead atoms. The number of aromatic nitrogens is 5. The molecule has 1 saturated heterocycles. The highest BCUT2D eigenvalue weighted by Gasteiger charge is 2.42. The van der Waals surface area contributed by atoms with Crippen molar-refractivity contribution in [3.05, 3.63) is 41.5 Å². The van der Waals surface area contributed by atoms with E-state index in [1.807, 2.05) is 0 Å². The van der Waals surface area contributed by atoms with E-state index in [2.05, 4.69) is 86.3 Å². The maximum absolute atomic E-state index is 6.29. The highest BCUT2D eigenvalue weighted by Crippen LogP contribution is 2.46. The van der Waals surface area contributed by atoms with Crippen LogP contribution < -0.4 is 16.0 Å². The first-order valence-corrected chi connectivity index (χ1v) is 15.0. The normalized spacial score (nSPS) is 23.7. The summed E-state index contributed by atoms with van der Waals surface area (Å²) in [4.78, 5) is 19.9. The smallest absolute Gasteiger partial charge is 0.248 e. The van der Waals surface area contributed by atoms with Crippen LogP contribution in [0.4, 0.5) is 23.3 Å². The summed E-state index contributed by atoms with van der Waals surface area (Å²) < 4.78 is 2.55. The molecule has 3 aliphatic rings. The zero-order valence-electron chi connectivity index (χ0n) is 23.0. The first-order valence-electron chi connectivity index (χ1n) is 14.2. The van der Waals surface area contributed by atoms with Gasteiger partial charge in [0.25, 0.3) is 0 Å². The van der Waals surface area contributed by atoms with Gasteiger partial charge in [-0.25, -0.2) is 9.97 Å². The molecule has 3 atom stereocenters. The molecule has 9 nitrogen and oxygen atoms in total. The molecular weight excluding hydrogens is 506 g/mol. The highest BCUT2D eigenvalue weighted by molar-refractivity contribution is 7.19. The molecule has 204 valence electrons. The van der Waals surface area contributed by atoms with Crippen molar-refractivity contribution in [1.29, 1.82) is 0 Å². The van der Waals surface area contributed by atoms with Crippen molar-refractivity contribution in [3.63, 3.8) is 0 Å². The molecule has 2 saturated carbocycles. The van der Waals surface area contributed by atoms with Crippen LogP contribution in [0, 0.1) is 11.8 Å². The third-order valence-corrected chi connectivity index (χ3v) is 10.4. The lowest BCUT2D eigenvalue weighted by molar-refractivity contribution is 0.135. The molecule has 0 spiro atoms. The number of benzene rings is 1. The number of thiophene rings is 1. The van der Waals surface area contributed by atoms with Crippen LogP contribution >= 0.6 is 11.3 Å². The van der Waals surface area contributed by atoms with Gasteiger partial charge in [0.2, 0.25) is 11.9 Å². The number of fused-ring (bicyclic) bond motifs is 3. The van der Waals surface area contributed by atoms with E-state index < -0.39 is 0 Å². The van der Waals surface area contributed by atoms with Gasteiger partial charge >= 0.3 is 0 Å². The van der Waals surface area contributed by atoms with Crippen LogP contribution in [0.2, 0.25) is 0 Å². The van der Waals surface area contributed by atoms with Crippen molar-refractivity contribution in [2.24, 2.45) is 11.8 Å². The molecule has 1 aliphatic heterocycles. The van der Waals surface area contributed by atoms with Crippen LogP contribution in [0.5, 0.6) is 0 Å². The molecule has 10 heteroatoms. The van der Waals surface area contributed by atoms with Gasteiger partial charge in [-0.15, -0.1) is 16.4 Å². The second-order valence-corrected chi connectivity index (χ2v) is 13.5. The number of anilines is 4. The van der Waals surface area contributed by atoms with E-state index in [0.29, 0.717) is 11.8 Å². The van der Waals surface area contributed by atoms with Gasteiger partial charge in [0.1, 0.15) is 6.33 Å². The van der Waals surface area contributed by atoms with Gasteiger partial charge < -0.3 is 16.0 Å². The number of nitrogens with zero attached hydrogens (tertiary/aromatic N) is 7. The molecule has 3 aromatic heterocycles. The number of hydrogen-bond acceptors (Lipinski definition) is 9. The Balaban J connectivity index is 1.03. The van der Waals surface area contributed by atoms with Crippen molar-refractivity contribution >= 4 is 44.8 Å². The van der Waals surface area contributed by atoms with E-state index in [4.69, 9.17) is 5.73 Å². The minimum absolute atomic E-state index is 0.0264. The Morgan fingerprint density at radius 2 is 1.79 bits per heavy atom. The summed E-state index contributed by atoms with van der Waals surface area (Å²) in [6.07, 6.45) is 7.40. The van der Waals surface area contributed by atoms with Crippen molar-refractivity contribution < 1.29 is 0 Å². The van der Waals surface area contributed by atoms with Gasteiger partial charge in [-0.05, 0) is 66.8 Å². The predicted octanol–water partition coefficient (Wildman–Crippen LogP) is 5.21. The summed E-state index contributed by atoms with van der Waals surface area (Å²) in [6, 6.07) is 11.5. The van der Waals surface area contributed by atoms with Crippen LogP contribution in [0.3, 0.4) is 0 Å². The minimum Gasteiger partial charge on any atom is -0.369 e. The van der Waals surface area contributed by atoms with Gasteiger partial charge in [0, 0.05) is 48.5 Å². The molecule has 3 unspecified atom stereocenters. The van der Waals surface area contributed by atoms with Crippen molar-refractivity contribution in [2.45, 2.75) is 57.9 Å². The Bertz CT molecular complexity index is 1480. The van der Waals surface area contributed by atoms with Gasteiger partial charge in [0.15, 0.2) is 5.82 Å². The molecule has 39 heavy (non-hydrogen) atoms. The highest BCUT2D eigenvalue weighted by atomic mass is 32.1. The Labute approximate surface area is 233 Å². The minimum atomic E-state index is 0.0264. The number of piperazine rings is 1. The molecule has 3 N–H and O–H groups in total. The number of nitrogens with two attached hydrogens (primary N) is 1. The van der Waals surface area contributed by atoms with Crippen LogP contribution in [0.15, 0.2) is 36.7 Å². The fourth-order valence-electron chi connectivity index (χ4n) is 6.75. The molecule has 3 fully saturated rings. The maximum atomic E-state index is 6.29. The first-order chi connectivity index (χ1) is 18.8. The van der Waals surface area contributed by atoms with Crippen LogP contribution in [0.1, 0.15) is 51.3 Å². The lowest BCUT2D eigenvalue weighted by Crippen LogP contribution is -2.51.